The molecule has 5 rings (SSSR count). The number of aromatic amines is 1. The van der Waals surface area contributed by atoms with E-state index in [4.69, 9.17) is 9.84 Å². The summed E-state index contributed by atoms with van der Waals surface area (Å²) in [5.74, 6) is -0.270. The zero-order chi connectivity index (χ0) is 25.5. The van der Waals surface area contributed by atoms with Gasteiger partial charge in [-0.3, -0.25) is 4.79 Å². The fraction of sp³-hybridized carbons (Fsp3) is 0.370. The van der Waals surface area contributed by atoms with Crippen LogP contribution in [-0.4, -0.2) is 63.9 Å². The van der Waals surface area contributed by atoms with Gasteiger partial charge in [-0.1, -0.05) is 37.8 Å². The molecule has 0 aliphatic carbocycles. The highest BCUT2D eigenvalue weighted by Crippen LogP contribution is 2.36. The van der Waals surface area contributed by atoms with Crippen LogP contribution in [0, 0.1) is 0 Å². The zero-order valence-corrected chi connectivity index (χ0v) is 22.3. The van der Waals surface area contributed by atoms with E-state index in [2.05, 4.69) is 29.6 Å². The Morgan fingerprint density at radius 3 is 2.78 bits per heavy atom. The number of likely N-dealkylation sites (N-methyl/N-ethyl adjacent to an activating group) is 1. The van der Waals surface area contributed by atoms with Gasteiger partial charge in [0.2, 0.25) is 0 Å². The second-order valence-electron chi connectivity index (χ2n) is 10.8. The molecule has 2 N–H and O–H groups in total. The van der Waals surface area contributed by atoms with Crippen molar-refractivity contribution in [3.63, 3.8) is 0 Å². The van der Waals surface area contributed by atoms with Crippen molar-refractivity contribution < 1.29 is 14.6 Å². The third kappa shape index (κ3) is 4.61. The molecule has 1 atom stereocenters. The maximum atomic E-state index is 12.7. The van der Waals surface area contributed by atoms with Crippen molar-refractivity contribution in [2.75, 3.05) is 20.2 Å². The van der Waals surface area contributed by atoms with Gasteiger partial charge in [-0.25, -0.2) is 9.67 Å². The molecule has 0 bridgehead atoms. The summed E-state index contributed by atoms with van der Waals surface area (Å²) in [5, 5.41) is 17.1. The van der Waals surface area contributed by atoms with Crippen molar-refractivity contribution in [3.05, 3.63) is 60.4 Å². The molecule has 1 unspecified atom stereocenters. The minimum Gasteiger partial charge on any atom is -0.375 e. The fourth-order valence-electron chi connectivity index (χ4n) is 4.63. The fourth-order valence-corrected chi connectivity index (χ4v) is 5.38. The molecule has 0 spiro atoms. The van der Waals surface area contributed by atoms with Gasteiger partial charge in [0.15, 0.2) is 5.60 Å². The summed E-state index contributed by atoms with van der Waals surface area (Å²) in [6, 6.07) is 14.6. The minimum absolute atomic E-state index is 0.270. The molecule has 36 heavy (non-hydrogen) atoms. The normalized spacial score (nSPS) is 18.5. The second kappa shape index (κ2) is 9.31. The van der Waals surface area contributed by atoms with Crippen molar-refractivity contribution in [1.29, 1.82) is 0 Å². The molecule has 0 radical (unpaired) electrons. The second-order valence-corrected chi connectivity index (χ2v) is 16.4. The molecule has 1 aliphatic rings. The maximum Gasteiger partial charge on any atom is 0.258 e. The van der Waals surface area contributed by atoms with Gasteiger partial charge in [-0.2, -0.15) is 5.10 Å². The van der Waals surface area contributed by atoms with Crippen LogP contribution in [0.5, 0.6) is 0 Å². The number of ether oxygens (including phenoxy) is 1. The Balaban J connectivity index is 1.51. The van der Waals surface area contributed by atoms with Crippen molar-refractivity contribution in [2.45, 2.75) is 44.4 Å². The van der Waals surface area contributed by atoms with Gasteiger partial charge in [0, 0.05) is 63.6 Å². The number of nitrogens with zero attached hydrogens (tertiary/aromatic N) is 4. The van der Waals surface area contributed by atoms with Gasteiger partial charge in [-0.05, 0) is 35.9 Å². The predicted octanol–water partition coefficient (Wildman–Crippen LogP) is 4.46. The van der Waals surface area contributed by atoms with Crippen LogP contribution in [0.1, 0.15) is 12.0 Å². The van der Waals surface area contributed by atoms with Crippen LogP contribution in [0.3, 0.4) is 0 Å². The molecule has 4 aromatic rings. The summed E-state index contributed by atoms with van der Waals surface area (Å²) in [6.45, 7) is 8.56. The van der Waals surface area contributed by atoms with Crippen LogP contribution in [0.15, 0.2) is 54.9 Å². The highest BCUT2D eigenvalue weighted by molar-refractivity contribution is 6.76. The Kier molecular flexibility index (Phi) is 6.32. The molecular weight excluding hydrogens is 470 g/mol. The van der Waals surface area contributed by atoms with E-state index in [0.717, 1.165) is 39.6 Å². The predicted molar refractivity (Wildman–Crippen MR) is 143 cm³/mol. The Hall–Kier alpha value is -3.27. The number of pyridine rings is 1. The van der Waals surface area contributed by atoms with Gasteiger partial charge in [-0.15, -0.1) is 0 Å². The molecule has 1 amide bonds. The van der Waals surface area contributed by atoms with Gasteiger partial charge >= 0.3 is 0 Å². The van der Waals surface area contributed by atoms with E-state index in [1.165, 1.54) is 0 Å². The van der Waals surface area contributed by atoms with E-state index in [9.17, 15) is 9.90 Å². The number of fused-ring (bicyclic) bond motifs is 1. The van der Waals surface area contributed by atoms with E-state index in [-0.39, 0.29) is 5.91 Å². The number of H-pyrrole nitrogens is 1. The quantitative estimate of drug-likeness (QED) is 0.273. The molecule has 1 aliphatic heterocycles. The number of nitrogens with one attached hydrogen (secondary N) is 1. The molecule has 8 nitrogen and oxygen atoms in total. The van der Waals surface area contributed by atoms with Crippen LogP contribution >= 0.6 is 0 Å². The number of carbonyl (C=O) groups excluding carboxylic acids is 1. The number of likely N-dealkylation sites (tertiary alicyclic amines) is 1. The summed E-state index contributed by atoms with van der Waals surface area (Å²) in [6.07, 6.45) is 4.09. The Morgan fingerprint density at radius 2 is 2.03 bits per heavy atom. The summed E-state index contributed by atoms with van der Waals surface area (Å²) in [7, 11) is 0.513. The Morgan fingerprint density at radius 1 is 1.19 bits per heavy atom. The van der Waals surface area contributed by atoms with Crippen LogP contribution in [0.25, 0.3) is 33.5 Å². The highest BCUT2D eigenvalue weighted by Gasteiger charge is 2.45. The Labute approximate surface area is 211 Å². The van der Waals surface area contributed by atoms with Gasteiger partial charge < -0.3 is 19.7 Å². The maximum absolute atomic E-state index is 12.7. The number of hydrogen-bond acceptors (Lipinski definition) is 5. The molecule has 1 fully saturated rings. The lowest BCUT2D eigenvalue weighted by Gasteiger charge is -2.21. The van der Waals surface area contributed by atoms with E-state index in [0.29, 0.717) is 31.9 Å². The summed E-state index contributed by atoms with van der Waals surface area (Å²) < 4.78 is 7.94. The highest BCUT2D eigenvalue weighted by atomic mass is 28.3. The first-order valence-corrected chi connectivity index (χ1v) is 16.0. The average molecular weight is 504 g/mol. The summed E-state index contributed by atoms with van der Waals surface area (Å²) in [4.78, 5) is 21.9. The number of hydrogen-bond donors (Lipinski definition) is 2. The number of amides is 1. The largest absolute Gasteiger partial charge is 0.375 e. The molecule has 188 valence electrons. The molecule has 4 heterocycles. The van der Waals surface area contributed by atoms with Gasteiger partial charge in [0.1, 0.15) is 12.4 Å². The first-order chi connectivity index (χ1) is 17.2. The van der Waals surface area contributed by atoms with Crippen LogP contribution in [0.4, 0.5) is 0 Å². The summed E-state index contributed by atoms with van der Waals surface area (Å²) >= 11 is 0. The smallest absolute Gasteiger partial charge is 0.258 e. The lowest BCUT2D eigenvalue weighted by molar-refractivity contribution is -0.143. The third-order valence-electron chi connectivity index (χ3n) is 6.86. The van der Waals surface area contributed by atoms with E-state index in [1.54, 1.807) is 18.1 Å². The summed E-state index contributed by atoms with van der Waals surface area (Å²) in [5.41, 5.74) is 3.40. The third-order valence-corrected chi connectivity index (χ3v) is 8.57. The lowest BCUT2D eigenvalue weighted by Crippen LogP contribution is -2.36. The zero-order valence-electron chi connectivity index (χ0n) is 21.3. The van der Waals surface area contributed by atoms with E-state index >= 15 is 0 Å². The molecule has 3 aromatic heterocycles. The topological polar surface area (TPSA) is 96.3 Å². The van der Waals surface area contributed by atoms with Crippen molar-refractivity contribution in [1.82, 2.24) is 24.6 Å². The van der Waals surface area contributed by atoms with Gasteiger partial charge in [0.05, 0.1) is 11.4 Å². The average Bonchev–Trinajstić information content (AvgIpc) is 3.54. The molecule has 9 heteroatoms. The number of rotatable bonds is 8. The molecule has 1 aromatic carbocycles. The standard InChI is InChI=1S/C27H33N5O3Si/c1-31-12-10-27(34,26(31)33)20-8-5-7-19(15-20)23-16-24(22-17-29-25-21(22)9-6-11-28-25)32(30-23)18-35-13-14-36(2,3)4/h5-9,11,15-17,34H,10,12-14,18H2,1-4H3,(H,28,29). The van der Waals surface area contributed by atoms with Crippen LogP contribution in [-0.2, 0) is 21.9 Å². The van der Waals surface area contributed by atoms with Crippen molar-refractivity contribution >= 4 is 25.0 Å². The first-order valence-electron chi connectivity index (χ1n) is 12.3. The first kappa shape index (κ1) is 24.4. The monoisotopic (exact) mass is 503 g/mol. The molecular formula is C27H33N5O3Si. The number of aromatic nitrogens is 4. The Bertz CT molecular complexity index is 1410. The van der Waals surface area contributed by atoms with Crippen molar-refractivity contribution in [3.8, 4) is 22.5 Å². The number of aliphatic hydroxyl groups is 1. The van der Waals surface area contributed by atoms with Crippen LogP contribution < -0.4 is 0 Å². The van der Waals surface area contributed by atoms with Crippen LogP contribution in [0.2, 0.25) is 25.7 Å². The SMILES string of the molecule is CN1CCC(O)(c2cccc(-c3cc(-c4c[nH]c5ncccc45)n(COCC[Si](C)(C)C)n3)c2)C1=O. The van der Waals surface area contributed by atoms with Gasteiger partial charge in [0.25, 0.3) is 5.91 Å². The van der Waals surface area contributed by atoms with Crippen molar-refractivity contribution in [2.24, 2.45) is 0 Å². The number of carbonyl (C=O) groups is 1. The lowest BCUT2D eigenvalue weighted by atomic mass is 9.90. The minimum atomic E-state index is -1.50. The van der Waals surface area contributed by atoms with E-state index < -0.39 is 13.7 Å². The number of benzene rings is 1. The van der Waals surface area contributed by atoms with E-state index in [1.807, 2.05) is 53.3 Å². The molecule has 1 saturated heterocycles. The molecule has 0 saturated carbocycles.